The summed E-state index contributed by atoms with van der Waals surface area (Å²) in [6.45, 7) is 8.89. The number of hydrogen-bond donors (Lipinski definition) is 2. The van der Waals surface area contributed by atoms with Gasteiger partial charge in [-0.3, -0.25) is 24.5 Å². The van der Waals surface area contributed by atoms with Gasteiger partial charge in [-0.2, -0.15) is 5.10 Å². The Hall–Kier alpha value is -1.87. The van der Waals surface area contributed by atoms with Crippen LogP contribution in [0.25, 0.3) is 10.9 Å². The van der Waals surface area contributed by atoms with Gasteiger partial charge in [0.2, 0.25) is 11.8 Å². The van der Waals surface area contributed by atoms with Crippen molar-refractivity contribution in [3.8, 4) is 0 Å². The van der Waals surface area contributed by atoms with E-state index >= 15 is 0 Å². The van der Waals surface area contributed by atoms with Gasteiger partial charge in [-0.15, -0.1) is 24.8 Å². The third-order valence-electron chi connectivity index (χ3n) is 7.50. The first-order valence-corrected chi connectivity index (χ1v) is 12.0. The van der Waals surface area contributed by atoms with Crippen LogP contribution in [-0.2, 0) is 16.6 Å². The molecule has 34 heavy (non-hydrogen) atoms. The highest BCUT2D eigenvalue weighted by Gasteiger charge is 2.33. The maximum Gasteiger partial charge on any atom is 0.235 e. The van der Waals surface area contributed by atoms with Gasteiger partial charge < -0.3 is 10.2 Å². The first kappa shape index (κ1) is 26.7. The third-order valence-corrected chi connectivity index (χ3v) is 7.50. The van der Waals surface area contributed by atoms with Gasteiger partial charge in [0.05, 0.1) is 22.8 Å². The van der Waals surface area contributed by atoms with Crippen LogP contribution in [0.3, 0.4) is 0 Å². The van der Waals surface area contributed by atoms with Gasteiger partial charge in [0.1, 0.15) is 0 Å². The van der Waals surface area contributed by atoms with E-state index in [1.54, 1.807) is 0 Å². The molecule has 2 N–H and O–H groups in total. The number of amides is 2. The Balaban J connectivity index is 0.00000162. The summed E-state index contributed by atoms with van der Waals surface area (Å²) < 4.78 is 1.91. The van der Waals surface area contributed by atoms with E-state index in [2.05, 4.69) is 45.6 Å². The normalized spacial score (nSPS) is 24.5. The molecule has 0 saturated carbocycles. The number of anilines is 1. The van der Waals surface area contributed by atoms with Crippen LogP contribution in [0.15, 0.2) is 18.2 Å². The SMILES string of the molecule is C[C@H]1CN(c2cccc3c(C4CCC(=O)NC4=O)nn(C)c23)CCN1CC1CCNCC1.Cl.Cl. The highest BCUT2D eigenvalue weighted by molar-refractivity contribution is 6.03. The van der Waals surface area contributed by atoms with Gasteiger partial charge in [-0.1, -0.05) is 12.1 Å². The summed E-state index contributed by atoms with van der Waals surface area (Å²) in [5.74, 6) is 0.0181. The third kappa shape index (κ3) is 5.20. The summed E-state index contributed by atoms with van der Waals surface area (Å²) in [5, 5.41) is 11.7. The minimum atomic E-state index is -0.368. The Kier molecular flexibility index (Phi) is 8.84. The van der Waals surface area contributed by atoms with Crippen LogP contribution in [0.2, 0.25) is 0 Å². The summed E-state index contributed by atoms with van der Waals surface area (Å²) in [4.78, 5) is 29.2. The Morgan fingerprint density at radius 1 is 1.09 bits per heavy atom. The van der Waals surface area contributed by atoms with Crippen molar-refractivity contribution in [2.24, 2.45) is 13.0 Å². The number of imide groups is 1. The molecule has 2 amide bonds. The second-order valence-electron chi connectivity index (χ2n) is 9.67. The zero-order chi connectivity index (χ0) is 22.2. The van der Waals surface area contributed by atoms with Gasteiger partial charge in [-0.05, 0) is 51.3 Å². The van der Waals surface area contributed by atoms with E-state index in [4.69, 9.17) is 5.10 Å². The molecule has 1 aromatic heterocycles. The average molecular weight is 511 g/mol. The maximum atomic E-state index is 12.5. The fraction of sp³-hybridized carbons (Fsp3) is 0.625. The molecule has 188 valence electrons. The number of piperazine rings is 1. The molecular weight excluding hydrogens is 475 g/mol. The lowest BCUT2D eigenvalue weighted by molar-refractivity contribution is -0.134. The van der Waals surface area contributed by atoms with Crippen molar-refractivity contribution in [3.63, 3.8) is 0 Å². The molecule has 3 aliphatic heterocycles. The molecule has 10 heteroatoms. The first-order chi connectivity index (χ1) is 15.5. The lowest BCUT2D eigenvalue weighted by Gasteiger charge is -2.43. The van der Waals surface area contributed by atoms with Crippen LogP contribution in [0.1, 0.15) is 44.2 Å². The van der Waals surface area contributed by atoms with Gasteiger partial charge in [0.25, 0.3) is 0 Å². The molecule has 5 rings (SSSR count). The molecule has 0 aliphatic carbocycles. The molecule has 2 aromatic rings. The zero-order valence-corrected chi connectivity index (χ0v) is 21.6. The largest absolute Gasteiger partial charge is 0.367 e. The number of aromatic nitrogens is 2. The molecule has 3 fully saturated rings. The van der Waals surface area contributed by atoms with Crippen molar-refractivity contribution in [2.45, 2.75) is 44.6 Å². The Bertz CT molecular complexity index is 1020. The van der Waals surface area contributed by atoms with Crippen LogP contribution in [-0.4, -0.2) is 71.8 Å². The maximum absolute atomic E-state index is 12.5. The number of carbonyl (C=O) groups is 2. The highest BCUT2D eigenvalue weighted by atomic mass is 35.5. The number of rotatable bonds is 4. The number of para-hydroxylation sites is 1. The number of nitrogens with one attached hydrogen (secondary N) is 2. The van der Waals surface area contributed by atoms with Crippen LogP contribution < -0.4 is 15.5 Å². The molecule has 0 radical (unpaired) electrons. The van der Waals surface area contributed by atoms with E-state index < -0.39 is 0 Å². The van der Waals surface area contributed by atoms with Crippen LogP contribution >= 0.6 is 24.8 Å². The van der Waals surface area contributed by atoms with Crippen molar-refractivity contribution in [3.05, 3.63) is 23.9 Å². The van der Waals surface area contributed by atoms with Crippen LogP contribution in [0, 0.1) is 5.92 Å². The van der Waals surface area contributed by atoms with Crippen LogP contribution in [0.5, 0.6) is 0 Å². The quantitative estimate of drug-likeness (QED) is 0.614. The summed E-state index contributed by atoms with van der Waals surface area (Å²) in [7, 11) is 1.96. The van der Waals surface area contributed by atoms with E-state index in [1.807, 2.05) is 11.7 Å². The van der Waals surface area contributed by atoms with E-state index in [-0.39, 0.29) is 42.5 Å². The summed E-state index contributed by atoms with van der Waals surface area (Å²) in [6.07, 6.45) is 3.45. The molecule has 3 saturated heterocycles. The van der Waals surface area contributed by atoms with E-state index in [9.17, 15) is 9.59 Å². The van der Waals surface area contributed by atoms with Crippen molar-refractivity contribution >= 4 is 53.2 Å². The average Bonchev–Trinajstić information content (AvgIpc) is 3.12. The highest BCUT2D eigenvalue weighted by Crippen LogP contribution is 2.35. The lowest BCUT2D eigenvalue weighted by atomic mass is 9.92. The van der Waals surface area contributed by atoms with E-state index in [0.29, 0.717) is 18.9 Å². The minimum Gasteiger partial charge on any atom is -0.367 e. The second kappa shape index (κ2) is 11.2. The van der Waals surface area contributed by atoms with Gasteiger partial charge in [0.15, 0.2) is 0 Å². The predicted molar refractivity (Wildman–Crippen MR) is 139 cm³/mol. The number of carbonyl (C=O) groups excluding carboxylic acids is 2. The topological polar surface area (TPSA) is 82.5 Å². The van der Waals surface area contributed by atoms with Gasteiger partial charge in [-0.25, -0.2) is 0 Å². The number of hydrogen-bond acceptors (Lipinski definition) is 6. The van der Waals surface area contributed by atoms with Crippen molar-refractivity contribution in [1.29, 1.82) is 0 Å². The Labute approximate surface area is 213 Å². The molecule has 3 aliphatic rings. The molecule has 1 unspecified atom stereocenters. The summed E-state index contributed by atoms with van der Waals surface area (Å²) >= 11 is 0. The first-order valence-electron chi connectivity index (χ1n) is 12.0. The molecule has 8 nitrogen and oxygen atoms in total. The number of halogens is 2. The molecule has 2 atom stereocenters. The molecule has 1 aromatic carbocycles. The predicted octanol–water partition coefficient (Wildman–Crippen LogP) is 2.45. The lowest BCUT2D eigenvalue weighted by Crippen LogP contribution is -2.53. The summed E-state index contributed by atoms with van der Waals surface area (Å²) in [6, 6.07) is 6.80. The number of aryl methyl sites for hydroxylation is 1. The van der Waals surface area contributed by atoms with Crippen molar-refractivity contribution in [1.82, 2.24) is 25.3 Å². The Morgan fingerprint density at radius 3 is 2.56 bits per heavy atom. The number of fused-ring (bicyclic) bond motifs is 1. The van der Waals surface area contributed by atoms with E-state index in [0.717, 1.165) is 55.2 Å². The fourth-order valence-electron chi connectivity index (χ4n) is 5.69. The molecule has 0 spiro atoms. The number of nitrogens with zero attached hydrogens (tertiary/aromatic N) is 4. The van der Waals surface area contributed by atoms with E-state index in [1.165, 1.54) is 25.1 Å². The van der Waals surface area contributed by atoms with Crippen molar-refractivity contribution in [2.75, 3.05) is 44.2 Å². The van der Waals surface area contributed by atoms with Gasteiger partial charge >= 0.3 is 0 Å². The molecule has 0 bridgehead atoms. The summed E-state index contributed by atoms with van der Waals surface area (Å²) in [5.41, 5.74) is 3.04. The second-order valence-corrected chi connectivity index (χ2v) is 9.67. The minimum absolute atomic E-state index is 0. The smallest absolute Gasteiger partial charge is 0.235 e. The Morgan fingerprint density at radius 2 is 1.85 bits per heavy atom. The fourth-order valence-corrected chi connectivity index (χ4v) is 5.69. The monoisotopic (exact) mass is 510 g/mol. The number of piperidine rings is 2. The zero-order valence-electron chi connectivity index (χ0n) is 20.0. The molecule has 4 heterocycles. The molecular formula is C24H36Cl2N6O2. The number of benzene rings is 1. The van der Waals surface area contributed by atoms with Gasteiger partial charge in [0, 0.05) is 51.1 Å². The van der Waals surface area contributed by atoms with Crippen LogP contribution in [0.4, 0.5) is 5.69 Å². The standard InChI is InChI=1S/C24H34N6O2.2ClH/c1-16-14-30(13-12-29(16)15-17-8-10-25-11-9-17)20-5-3-4-18-22(27-28(2)23(18)20)19-6-7-21(31)26-24(19)32;;/h3-5,16-17,19,25H,6-15H2,1-2H3,(H,26,31,32);2*1H/t16-,19?;;/m0../s1. The van der Waals surface area contributed by atoms with Crippen molar-refractivity contribution < 1.29 is 9.59 Å².